The van der Waals surface area contributed by atoms with Crippen molar-refractivity contribution < 1.29 is 18.3 Å². The Morgan fingerprint density at radius 1 is 1.10 bits per heavy atom. The summed E-state index contributed by atoms with van der Waals surface area (Å²) in [6.07, 6.45) is 7.86. The van der Waals surface area contributed by atoms with Crippen LogP contribution in [-0.4, -0.2) is 19.5 Å². The molecule has 0 aromatic heterocycles. The maximum absolute atomic E-state index is 14.5. The Kier molecular flexibility index (Phi) is 9.38. The van der Waals surface area contributed by atoms with E-state index >= 15 is 0 Å². The van der Waals surface area contributed by atoms with Crippen LogP contribution in [0.1, 0.15) is 69.4 Å². The van der Waals surface area contributed by atoms with Crippen LogP contribution in [0.25, 0.3) is 0 Å². The standard InChI is InChI=1S/C26H33ClF2O2/c1-3-4-5-21-16-30-26(31-17-21)13-9-20-14-24(28)23(25(29)15-20)12-8-19-6-10-22(11-7-19)18(2)27/h14-15,19,21-22,26H,2-7,9-11,13,16-17H2,1H3/t19-,21-,22-,26-. The Balaban J connectivity index is 1.50. The average molecular weight is 451 g/mol. The zero-order valence-corrected chi connectivity index (χ0v) is 19.2. The smallest absolute Gasteiger partial charge is 0.157 e. The normalized spacial score (nSPS) is 26.2. The highest BCUT2D eigenvalue weighted by atomic mass is 35.5. The monoisotopic (exact) mass is 450 g/mol. The molecule has 31 heavy (non-hydrogen) atoms. The lowest BCUT2D eigenvalue weighted by Crippen LogP contribution is -2.32. The van der Waals surface area contributed by atoms with Gasteiger partial charge in [-0.05, 0) is 62.1 Å². The Morgan fingerprint density at radius 2 is 1.74 bits per heavy atom. The predicted molar refractivity (Wildman–Crippen MR) is 121 cm³/mol. The molecule has 170 valence electrons. The molecular weight excluding hydrogens is 418 g/mol. The topological polar surface area (TPSA) is 18.5 Å². The van der Waals surface area contributed by atoms with E-state index in [1.54, 1.807) is 0 Å². The zero-order valence-electron chi connectivity index (χ0n) is 18.4. The number of benzene rings is 1. The van der Waals surface area contributed by atoms with E-state index in [1.807, 2.05) is 0 Å². The van der Waals surface area contributed by atoms with Gasteiger partial charge in [-0.3, -0.25) is 0 Å². The molecule has 3 rings (SSSR count). The summed E-state index contributed by atoms with van der Waals surface area (Å²) >= 11 is 5.99. The number of rotatable bonds is 7. The summed E-state index contributed by atoms with van der Waals surface area (Å²) in [6, 6.07) is 2.77. The number of allylic oxidation sites excluding steroid dienone is 1. The molecule has 1 aromatic carbocycles. The van der Waals surface area contributed by atoms with Crippen LogP contribution in [0.2, 0.25) is 0 Å². The summed E-state index contributed by atoms with van der Waals surface area (Å²) in [5, 5.41) is 0.694. The van der Waals surface area contributed by atoms with Gasteiger partial charge >= 0.3 is 0 Å². The van der Waals surface area contributed by atoms with E-state index < -0.39 is 11.6 Å². The van der Waals surface area contributed by atoms with Gasteiger partial charge in [-0.1, -0.05) is 49.8 Å². The van der Waals surface area contributed by atoms with Gasteiger partial charge in [-0.25, -0.2) is 8.78 Å². The van der Waals surface area contributed by atoms with Crippen molar-refractivity contribution in [3.8, 4) is 11.8 Å². The maximum Gasteiger partial charge on any atom is 0.157 e. The second kappa shape index (κ2) is 12.0. The molecular formula is C26H33ClF2O2. The van der Waals surface area contributed by atoms with Crippen molar-refractivity contribution in [1.82, 2.24) is 0 Å². The Bertz CT molecular complexity index is 774. The summed E-state index contributed by atoms with van der Waals surface area (Å²) in [7, 11) is 0. The number of hydrogen-bond acceptors (Lipinski definition) is 2. The van der Waals surface area contributed by atoms with Gasteiger partial charge in [0.1, 0.15) is 11.6 Å². The second-order valence-electron chi connectivity index (χ2n) is 8.84. The van der Waals surface area contributed by atoms with Gasteiger partial charge in [0.05, 0.1) is 18.8 Å². The minimum atomic E-state index is -0.601. The summed E-state index contributed by atoms with van der Waals surface area (Å²) in [5.41, 5.74) is 0.457. The first-order valence-electron chi connectivity index (χ1n) is 11.5. The van der Waals surface area contributed by atoms with Crippen LogP contribution in [0, 0.1) is 41.2 Å². The zero-order chi connectivity index (χ0) is 22.2. The molecule has 1 saturated heterocycles. The third-order valence-electron chi connectivity index (χ3n) is 6.34. The molecule has 2 nitrogen and oxygen atoms in total. The molecule has 0 atom stereocenters. The Morgan fingerprint density at radius 3 is 2.32 bits per heavy atom. The summed E-state index contributed by atoms with van der Waals surface area (Å²) in [6.45, 7) is 7.37. The predicted octanol–water partition coefficient (Wildman–Crippen LogP) is 6.99. The van der Waals surface area contributed by atoms with Gasteiger partial charge in [0, 0.05) is 23.3 Å². The molecule has 1 heterocycles. The second-order valence-corrected chi connectivity index (χ2v) is 9.33. The van der Waals surface area contributed by atoms with Gasteiger partial charge in [0.15, 0.2) is 6.29 Å². The third-order valence-corrected chi connectivity index (χ3v) is 6.65. The lowest BCUT2D eigenvalue weighted by Gasteiger charge is -2.29. The third kappa shape index (κ3) is 7.31. The van der Waals surface area contributed by atoms with E-state index in [-0.39, 0.29) is 17.8 Å². The largest absolute Gasteiger partial charge is 0.352 e. The van der Waals surface area contributed by atoms with Crippen molar-refractivity contribution >= 4 is 11.6 Å². The fourth-order valence-corrected chi connectivity index (χ4v) is 4.53. The van der Waals surface area contributed by atoms with Crippen LogP contribution in [0.3, 0.4) is 0 Å². The first-order valence-corrected chi connectivity index (χ1v) is 11.9. The highest BCUT2D eigenvalue weighted by molar-refractivity contribution is 6.29. The highest BCUT2D eigenvalue weighted by Crippen LogP contribution is 2.33. The molecule has 0 N–H and O–H groups in total. The lowest BCUT2D eigenvalue weighted by atomic mass is 9.82. The van der Waals surface area contributed by atoms with Crippen molar-refractivity contribution in [3.05, 3.63) is 46.5 Å². The van der Waals surface area contributed by atoms with Crippen LogP contribution >= 0.6 is 11.6 Å². The molecule has 0 spiro atoms. The molecule has 0 bridgehead atoms. The molecule has 2 aliphatic rings. The van der Waals surface area contributed by atoms with E-state index in [4.69, 9.17) is 21.1 Å². The van der Waals surface area contributed by atoms with Crippen LogP contribution in [0.15, 0.2) is 23.7 Å². The molecule has 1 saturated carbocycles. The van der Waals surface area contributed by atoms with Crippen molar-refractivity contribution in [2.24, 2.45) is 17.8 Å². The number of ether oxygens (including phenoxy) is 2. The minimum absolute atomic E-state index is 0.142. The van der Waals surface area contributed by atoms with Crippen molar-refractivity contribution in [2.45, 2.75) is 71.0 Å². The van der Waals surface area contributed by atoms with E-state index in [9.17, 15) is 8.78 Å². The minimum Gasteiger partial charge on any atom is -0.352 e. The molecule has 0 unspecified atom stereocenters. The summed E-state index contributed by atoms with van der Waals surface area (Å²) in [5.74, 6) is 5.52. The van der Waals surface area contributed by atoms with E-state index in [2.05, 4.69) is 25.3 Å². The van der Waals surface area contributed by atoms with Crippen LogP contribution < -0.4 is 0 Å². The van der Waals surface area contributed by atoms with Crippen molar-refractivity contribution in [1.29, 1.82) is 0 Å². The summed E-state index contributed by atoms with van der Waals surface area (Å²) in [4.78, 5) is 0. The van der Waals surface area contributed by atoms with Gasteiger partial charge in [-0.15, -0.1) is 0 Å². The van der Waals surface area contributed by atoms with Gasteiger partial charge in [0.25, 0.3) is 0 Å². The number of halogens is 3. The number of aryl methyl sites for hydroxylation is 1. The molecule has 1 aliphatic heterocycles. The number of unbranched alkanes of at least 4 members (excludes halogenated alkanes) is 1. The van der Waals surface area contributed by atoms with Gasteiger partial charge in [-0.2, -0.15) is 0 Å². The molecule has 1 aliphatic carbocycles. The first kappa shape index (κ1) is 24.2. The average Bonchev–Trinajstić information content (AvgIpc) is 2.76. The fraction of sp³-hybridized carbons (Fsp3) is 0.615. The maximum atomic E-state index is 14.5. The van der Waals surface area contributed by atoms with Crippen LogP contribution in [0.5, 0.6) is 0 Å². The molecule has 0 radical (unpaired) electrons. The highest BCUT2D eigenvalue weighted by Gasteiger charge is 2.23. The lowest BCUT2D eigenvalue weighted by molar-refractivity contribution is -0.203. The molecule has 5 heteroatoms. The van der Waals surface area contributed by atoms with Crippen LogP contribution in [-0.2, 0) is 15.9 Å². The Hall–Kier alpha value is -1.41. The van der Waals surface area contributed by atoms with E-state index in [0.29, 0.717) is 48.5 Å². The SMILES string of the molecule is C=C(Cl)[C@H]1CC[C@H](C#Cc2c(F)cc(CC[C@H]3OC[C@H](CCCC)CO3)cc2F)CC1. The van der Waals surface area contributed by atoms with E-state index in [0.717, 1.165) is 32.1 Å². The first-order chi connectivity index (χ1) is 15.0. The van der Waals surface area contributed by atoms with Gasteiger partial charge in [0.2, 0.25) is 0 Å². The fourth-order valence-electron chi connectivity index (χ4n) is 4.31. The quantitative estimate of drug-likeness (QED) is 0.417. The van der Waals surface area contributed by atoms with E-state index in [1.165, 1.54) is 25.0 Å². The molecule has 2 fully saturated rings. The number of hydrogen-bond donors (Lipinski definition) is 0. The Labute approximate surface area is 190 Å². The molecule has 0 amide bonds. The molecule has 1 aromatic rings. The summed E-state index contributed by atoms with van der Waals surface area (Å²) < 4.78 is 40.6. The van der Waals surface area contributed by atoms with Gasteiger partial charge < -0.3 is 9.47 Å². The van der Waals surface area contributed by atoms with Crippen molar-refractivity contribution in [3.63, 3.8) is 0 Å². The van der Waals surface area contributed by atoms with Crippen molar-refractivity contribution in [2.75, 3.05) is 13.2 Å². The van der Waals surface area contributed by atoms with Crippen LogP contribution in [0.4, 0.5) is 8.78 Å².